The molecular formula is C13H18ClN. The number of rotatable bonds is 1. The summed E-state index contributed by atoms with van der Waals surface area (Å²) in [7, 11) is 0. The van der Waals surface area contributed by atoms with Crippen molar-refractivity contribution < 1.29 is 0 Å². The lowest BCUT2D eigenvalue weighted by molar-refractivity contribution is 1.18. The van der Waals surface area contributed by atoms with Gasteiger partial charge in [-0.3, -0.25) is 4.98 Å². The normalized spacial score (nSPS) is 12.1. The molecule has 2 heteroatoms. The van der Waals surface area contributed by atoms with Gasteiger partial charge in [0.25, 0.3) is 0 Å². The Balaban J connectivity index is 0.000000921. The quantitative estimate of drug-likeness (QED) is 0.714. The first kappa shape index (κ1) is 13.9. The van der Waals surface area contributed by atoms with Gasteiger partial charge in [0.15, 0.2) is 0 Å². The van der Waals surface area contributed by atoms with Gasteiger partial charge in [0.05, 0.1) is 10.4 Å². The fourth-order valence-corrected chi connectivity index (χ4v) is 1.33. The van der Waals surface area contributed by atoms with Gasteiger partial charge in [-0.25, -0.2) is 0 Å². The Hall–Kier alpha value is -1.08. The van der Waals surface area contributed by atoms with Crippen LogP contribution in [0, 0.1) is 6.92 Å². The van der Waals surface area contributed by atoms with Crippen LogP contribution in [0.5, 0.6) is 0 Å². The van der Waals surface area contributed by atoms with Crippen LogP contribution in [-0.4, -0.2) is 4.98 Å². The lowest BCUT2D eigenvalue weighted by Crippen LogP contribution is -2.29. The van der Waals surface area contributed by atoms with Crippen molar-refractivity contribution in [2.75, 3.05) is 0 Å². The summed E-state index contributed by atoms with van der Waals surface area (Å²) in [5.41, 5.74) is 0.986. The van der Waals surface area contributed by atoms with Crippen molar-refractivity contribution in [1.82, 2.24) is 4.98 Å². The van der Waals surface area contributed by atoms with Gasteiger partial charge in [-0.15, -0.1) is 0 Å². The Kier molecular flexibility index (Phi) is 6.72. The van der Waals surface area contributed by atoms with Crippen LogP contribution in [0.15, 0.2) is 18.9 Å². The lowest BCUT2D eigenvalue weighted by Gasteiger charge is -1.97. The maximum atomic E-state index is 6.12. The zero-order valence-electron chi connectivity index (χ0n) is 9.84. The average Bonchev–Trinajstić information content (AvgIpc) is 2.28. The fourth-order valence-electron chi connectivity index (χ4n) is 1.12. The van der Waals surface area contributed by atoms with Crippen LogP contribution in [0.2, 0.25) is 5.02 Å². The van der Waals surface area contributed by atoms with Crippen LogP contribution in [0.3, 0.4) is 0 Å². The van der Waals surface area contributed by atoms with E-state index in [1.54, 1.807) is 12.3 Å². The van der Waals surface area contributed by atoms with E-state index >= 15 is 0 Å². The number of aryl methyl sites for hydroxylation is 1. The van der Waals surface area contributed by atoms with Gasteiger partial charge in [0.1, 0.15) is 0 Å². The van der Waals surface area contributed by atoms with Gasteiger partial charge in [-0.1, -0.05) is 50.3 Å². The molecule has 15 heavy (non-hydrogen) atoms. The van der Waals surface area contributed by atoms with E-state index in [-0.39, 0.29) is 0 Å². The third kappa shape index (κ3) is 3.52. The Morgan fingerprint density at radius 1 is 1.40 bits per heavy atom. The van der Waals surface area contributed by atoms with E-state index in [9.17, 15) is 0 Å². The number of allylic oxidation sites excluding steroid dienone is 1. The van der Waals surface area contributed by atoms with Gasteiger partial charge in [-0.2, -0.15) is 0 Å². The SMILES string of the molecule is C=C/C=c1/c(Cl)c(C)cn/c1=C/C.CC. The first-order valence-corrected chi connectivity index (χ1v) is 5.48. The molecule has 0 aliphatic rings. The first-order chi connectivity index (χ1) is 7.20. The van der Waals surface area contributed by atoms with Crippen LogP contribution >= 0.6 is 11.6 Å². The second-order valence-electron chi connectivity index (χ2n) is 2.75. The average molecular weight is 224 g/mol. The molecule has 0 radical (unpaired) electrons. The third-order valence-corrected chi connectivity index (χ3v) is 2.32. The predicted octanol–water partition coefficient (Wildman–Crippen LogP) is 2.84. The van der Waals surface area contributed by atoms with Crippen molar-refractivity contribution in [3.05, 3.63) is 40.0 Å². The largest absolute Gasteiger partial charge is 0.256 e. The molecular weight excluding hydrogens is 206 g/mol. The number of halogens is 1. The first-order valence-electron chi connectivity index (χ1n) is 5.11. The topological polar surface area (TPSA) is 12.9 Å². The number of hydrogen-bond donors (Lipinski definition) is 0. The highest BCUT2D eigenvalue weighted by Gasteiger charge is 1.97. The molecule has 0 bridgehead atoms. The molecule has 0 aromatic carbocycles. The van der Waals surface area contributed by atoms with Crippen LogP contribution in [-0.2, 0) is 0 Å². The van der Waals surface area contributed by atoms with Gasteiger partial charge in [0.2, 0.25) is 0 Å². The molecule has 0 aliphatic heterocycles. The zero-order valence-corrected chi connectivity index (χ0v) is 10.6. The van der Waals surface area contributed by atoms with Gasteiger partial charge < -0.3 is 0 Å². The van der Waals surface area contributed by atoms with Crippen LogP contribution in [0.4, 0.5) is 0 Å². The van der Waals surface area contributed by atoms with E-state index in [1.807, 2.05) is 39.8 Å². The Morgan fingerprint density at radius 3 is 2.47 bits per heavy atom. The summed E-state index contributed by atoms with van der Waals surface area (Å²) in [4.78, 5) is 4.26. The highest BCUT2D eigenvalue weighted by Crippen LogP contribution is 2.04. The van der Waals surface area contributed by atoms with Gasteiger partial charge in [-0.05, 0) is 19.4 Å². The Bertz CT molecular complexity index is 433. The molecule has 0 amide bonds. The summed E-state index contributed by atoms with van der Waals surface area (Å²) in [5.74, 6) is 0. The minimum absolute atomic E-state index is 0.753. The summed E-state index contributed by atoms with van der Waals surface area (Å²) < 4.78 is 0. The van der Waals surface area contributed by atoms with E-state index in [0.717, 1.165) is 21.2 Å². The summed E-state index contributed by atoms with van der Waals surface area (Å²) in [6.07, 6.45) is 7.30. The summed E-state index contributed by atoms with van der Waals surface area (Å²) >= 11 is 6.12. The molecule has 0 atom stereocenters. The summed E-state index contributed by atoms with van der Waals surface area (Å²) in [6, 6.07) is 0. The molecule has 1 aromatic heterocycles. The molecule has 0 saturated heterocycles. The van der Waals surface area contributed by atoms with E-state index < -0.39 is 0 Å². The van der Waals surface area contributed by atoms with E-state index in [4.69, 9.17) is 11.6 Å². The molecule has 82 valence electrons. The molecule has 0 unspecified atom stereocenters. The van der Waals surface area contributed by atoms with Crippen molar-refractivity contribution in [2.45, 2.75) is 27.7 Å². The second-order valence-corrected chi connectivity index (χ2v) is 3.12. The Morgan fingerprint density at radius 2 is 2.00 bits per heavy atom. The molecule has 1 rings (SSSR count). The highest BCUT2D eigenvalue weighted by molar-refractivity contribution is 6.31. The smallest absolute Gasteiger partial charge is 0.0674 e. The number of pyridine rings is 1. The standard InChI is InChI=1S/C11H12ClN.C2H6/c1-4-6-9-10(5-2)13-7-8(3)11(9)12;1-2/h4-7H,1H2,2-3H3;1-2H3/b9-6+,10-5+;. The van der Waals surface area contributed by atoms with E-state index in [2.05, 4.69) is 11.6 Å². The maximum absolute atomic E-state index is 6.12. The molecule has 1 nitrogen and oxygen atoms in total. The van der Waals surface area contributed by atoms with Crippen LogP contribution in [0.25, 0.3) is 12.2 Å². The van der Waals surface area contributed by atoms with Gasteiger partial charge in [0, 0.05) is 11.4 Å². The molecule has 0 spiro atoms. The number of aromatic nitrogens is 1. The van der Waals surface area contributed by atoms with E-state index in [0.29, 0.717) is 0 Å². The second kappa shape index (κ2) is 7.24. The van der Waals surface area contributed by atoms with Gasteiger partial charge >= 0.3 is 0 Å². The zero-order chi connectivity index (χ0) is 11.8. The maximum Gasteiger partial charge on any atom is 0.0674 e. The van der Waals surface area contributed by atoms with Crippen molar-refractivity contribution in [3.63, 3.8) is 0 Å². The molecule has 0 N–H and O–H groups in total. The molecule has 1 heterocycles. The molecule has 0 saturated carbocycles. The molecule has 1 aromatic rings. The number of hydrogen-bond acceptors (Lipinski definition) is 1. The third-order valence-electron chi connectivity index (χ3n) is 1.81. The summed E-state index contributed by atoms with van der Waals surface area (Å²) in [5, 5.41) is 2.60. The molecule has 0 fully saturated rings. The Labute approximate surface area is 96.8 Å². The van der Waals surface area contributed by atoms with Crippen molar-refractivity contribution in [3.8, 4) is 0 Å². The molecule has 0 aliphatic carbocycles. The van der Waals surface area contributed by atoms with E-state index in [1.165, 1.54) is 0 Å². The van der Waals surface area contributed by atoms with Crippen molar-refractivity contribution in [1.29, 1.82) is 0 Å². The minimum Gasteiger partial charge on any atom is -0.256 e. The number of nitrogens with zero attached hydrogens (tertiary/aromatic N) is 1. The van der Waals surface area contributed by atoms with Crippen LogP contribution < -0.4 is 10.6 Å². The van der Waals surface area contributed by atoms with Crippen molar-refractivity contribution in [2.24, 2.45) is 0 Å². The minimum atomic E-state index is 0.753. The lowest BCUT2D eigenvalue weighted by atomic mass is 10.2. The van der Waals surface area contributed by atoms with Crippen molar-refractivity contribution >= 4 is 23.8 Å². The monoisotopic (exact) mass is 223 g/mol. The van der Waals surface area contributed by atoms with Crippen LogP contribution in [0.1, 0.15) is 26.3 Å². The fraction of sp³-hybridized carbons (Fsp3) is 0.308. The predicted molar refractivity (Wildman–Crippen MR) is 69.4 cm³/mol. The summed E-state index contributed by atoms with van der Waals surface area (Å²) in [6.45, 7) is 11.5. The highest BCUT2D eigenvalue weighted by atomic mass is 35.5.